The van der Waals surface area contributed by atoms with Crippen molar-refractivity contribution in [1.29, 1.82) is 0 Å². The maximum atomic E-state index is 9.43. The van der Waals surface area contributed by atoms with E-state index in [-0.39, 0.29) is 0 Å². The lowest BCUT2D eigenvalue weighted by molar-refractivity contribution is -0.0798. The normalized spacial score (nSPS) is 38.7. The van der Waals surface area contributed by atoms with Gasteiger partial charge in [0.05, 0.1) is 0 Å². The molecule has 1 N–H and O–H groups in total. The molecule has 104 valence electrons. The zero-order valence-corrected chi connectivity index (χ0v) is 12.0. The van der Waals surface area contributed by atoms with Gasteiger partial charge in [-0.2, -0.15) is 0 Å². The molecule has 0 aromatic heterocycles. The van der Waals surface area contributed by atoms with Crippen LogP contribution in [0, 0.1) is 30.1 Å². The van der Waals surface area contributed by atoms with Crippen molar-refractivity contribution in [2.45, 2.75) is 45.4 Å². The van der Waals surface area contributed by atoms with E-state index in [1.165, 1.54) is 44.1 Å². The van der Waals surface area contributed by atoms with Gasteiger partial charge in [-0.25, -0.2) is 0 Å². The standard InChI is InChI=1S/C11H18O.C7H8/c12-7-11-4-8-1-9(5-11)3-10(2-8)6-11;1-7-5-3-2-4-6-7/h8-10,12H,1-7H2;2-6H,1H3. The Morgan fingerprint density at radius 3 is 1.74 bits per heavy atom. The third-order valence-electron chi connectivity index (χ3n) is 5.44. The molecule has 4 fully saturated rings. The van der Waals surface area contributed by atoms with Gasteiger partial charge in [0.25, 0.3) is 0 Å². The van der Waals surface area contributed by atoms with Crippen molar-refractivity contribution in [1.82, 2.24) is 0 Å². The Morgan fingerprint density at radius 2 is 1.42 bits per heavy atom. The molecule has 0 aliphatic heterocycles. The monoisotopic (exact) mass is 258 g/mol. The molecule has 1 aromatic rings. The number of rotatable bonds is 1. The number of aliphatic hydroxyl groups is 1. The van der Waals surface area contributed by atoms with E-state index in [2.05, 4.69) is 19.1 Å². The Morgan fingerprint density at radius 1 is 0.947 bits per heavy atom. The van der Waals surface area contributed by atoms with Gasteiger partial charge in [-0.1, -0.05) is 35.9 Å². The smallest absolute Gasteiger partial charge is 0.0487 e. The van der Waals surface area contributed by atoms with Crippen molar-refractivity contribution >= 4 is 0 Å². The van der Waals surface area contributed by atoms with Crippen LogP contribution in [0.1, 0.15) is 44.1 Å². The molecule has 0 unspecified atom stereocenters. The summed E-state index contributed by atoms with van der Waals surface area (Å²) in [6, 6.07) is 10.3. The first kappa shape index (κ1) is 13.2. The molecule has 4 aliphatic carbocycles. The first-order valence-corrected chi connectivity index (χ1v) is 7.82. The maximum Gasteiger partial charge on any atom is 0.0487 e. The predicted octanol–water partition coefficient (Wildman–Crippen LogP) is 4.19. The molecule has 19 heavy (non-hydrogen) atoms. The van der Waals surface area contributed by atoms with Crippen LogP contribution >= 0.6 is 0 Å². The van der Waals surface area contributed by atoms with Gasteiger partial charge < -0.3 is 5.11 Å². The highest BCUT2D eigenvalue weighted by molar-refractivity contribution is 5.11. The van der Waals surface area contributed by atoms with Crippen LogP contribution in [0.4, 0.5) is 0 Å². The average molecular weight is 258 g/mol. The summed E-state index contributed by atoms with van der Waals surface area (Å²) in [4.78, 5) is 0. The van der Waals surface area contributed by atoms with E-state index in [1.54, 1.807) is 0 Å². The molecular formula is C18H26O. The Balaban J connectivity index is 0.000000136. The molecule has 1 nitrogen and oxygen atoms in total. The van der Waals surface area contributed by atoms with E-state index in [4.69, 9.17) is 0 Å². The van der Waals surface area contributed by atoms with Gasteiger partial charge >= 0.3 is 0 Å². The fraction of sp³-hybridized carbons (Fsp3) is 0.667. The van der Waals surface area contributed by atoms with Crippen molar-refractivity contribution in [3.8, 4) is 0 Å². The van der Waals surface area contributed by atoms with Gasteiger partial charge in [-0.15, -0.1) is 0 Å². The molecule has 4 saturated carbocycles. The van der Waals surface area contributed by atoms with Gasteiger partial charge in [0.2, 0.25) is 0 Å². The van der Waals surface area contributed by atoms with Crippen molar-refractivity contribution in [2.75, 3.05) is 6.61 Å². The molecular weight excluding hydrogens is 232 g/mol. The fourth-order valence-electron chi connectivity index (χ4n) is 5.02. The van der Waals surface area contributed by atoms with Crippen LogP contribution in [0.15, 0.2) is 30.3 Å². The molecule has 1 heteroatoms. The van der Waals surface area contributed by atoms with Crippen molar-refractivity contribution < 1.29 is 5.11 Å². The summed E-state index contributed by atoms with van der Waals surface area (Å²) < 4.78 is 0. The molecule has 5 rings (SSSR count). The topological polar surface area (TPSA) is 20.2 Å². The number of hydrogen-bond acceptors (Lipinski definition) is 1. The van der Waals surface area contributed by atoms with E-state index >= 15 is 0 Å². The largest absolute Gasteiger partial charge is 0.396 e. The van der Waals surface area contributed by atoms with E-state index in [0.29, 0.717) is 12.0 Å². The highest BCUT2D eigenvalue weighted by Crippen LogP contribution is 2.59. The molecule has 0 saturated heterocycles. The second-order valence-electron chi connectivity index (χ2n) is 7.23. The zero-order valence-electron chi connectivity index (χ0n) is 12.0. The second-order valence-corrected chi connectivity index (χ2v) is 7.23. The van der Waals surface area contributed by atoms with Crippen LogP contribution in [-0.2, 0) is 0 Å². The van der Waals surface area contributed by atoms with Crippen molar-refractivity contribution in [3.63, 3.8) is 0 Å². The third kappa shape index (κ3) is 2.86. The highest BCUT2D eigenvalue weighted by atomic mass is 16.3. The van der Waals surface area contributed by atoms with Gasteiger partial charge in [-0.05, 0) is 68.6 Å². The number of aliphatic hydroxyl groups excluding tert-OH is 1. The van der Waals surface area contributed by atoms with Gasteiger partial charge in [0.15, 0.2) is 0 Å². The number of aryl methyl sites for hydroxylation is 1. The third-order valence-corrected chi connectivity index (χ3v) is 5.44. The van der Waals surface area contributed by atoms with Crippen molar-refractivity contribution in [2.24, 2.45) is 23.2 Å². The summed E-state index contributed by atoms with van der Waals surface area (Å²) in [7, 11) is 0. The Bertz CT molecular complexity index is 374. The second kappa shape index (κ2) is 5.28. The SMILES string of the molecule is Cc1ccccc1.OCC12CC3CC(CC(C3)C1)C2. The quantitative estimate of drug-likeness (QED) is 0.801. The number of benzene rings is 1. The number of hydrogen-bond donors (Lipinski definition) is 1. The summed E-state index contributed by atoms with van der Waals surface area (Å²) in [6.07, 6.45) is 8.48. The minimum absolute atomic E-state index is 0.398. The van der Waals surface area contributed by atoms with E-state index in [9.17, 15) is 5.11 Å². The Kier molecular flexibility index (Phi) is 3.66. The first-order valence-electron chi connectivity index (χ1n) is 7.82. The van der Waals surface area contributed by atoms with Crippen LogP contribution in [0.25, 0.3) is 0 Å². The molecule has 0 spiro atoms. The summed E-state index contributed by atoms with van der Waals surface area (Å²) in [6.45, 7) is 2.55. The molecule has 4 aliphatic rings. The Labute approximate surface area is 117 Å². The predicted molar refractivity (Wildman–Crippen MR) is 78.9 cm³/mol. The lowest BCUT2D eigenvalue weighted by Gasteiger charge is -2.56. The maximum absolute atomic E-state index is 9.43. The fourth-order valence-corrected chi connectivity index (χ4v) is 5.02. The summed E-state index contributed by atoms with van der Waals surface area (Å²) in [5.74, 6) is 2.97. The van der Waals surface area contributed by atoms with E-state index < -0.39 is 0 Å². The summed E-state index contributed by atoms with van der Waals surface area (Å²) in [5.41, 5.74) is 1.72. The zero-order chi connectivity index (χ0) is 13.3. The lowest BCUT2D eigenvalue weighted by atomic mass is 9.50. The van der Waals surface area contributed by atoms with Crippen LogP contribution in [-0.4, -0.2) is 11.7 Å². The van der Waals surface area contributed by atoms with Gasteiger partial charge in [0, 0.05) is 6.61 Å². The van der Waals surface area contributed by atoms with Crippen LogP contribution in [0.2, 0.25) is 0 Å². The highest BCUT2D eigenvalue weighted by Gasteiger charge is 2.50. The molecule has 0 radical (unpaired) electrons. The summed E-state index contributed by atoms with van der Waals surface area (Å²) in [5, 5.41) is 9.43. The molecule has 0 atom stereocenters. The Hall–Kier alpha value is -0.820. The summed E-state index contributed by atoms with van der Waals surface area (Å²) >= 11 is 0. The average Bonchev–Trinajstić information content (AvgIpc) is 2.39. The van der Waals surface area contributed by atoms with Crippen LogP contribution in [0.3, 0.4) is 0 Å². The molecule has 4 bridgehead atoms. The minimum Gasteiger partial charge on any atom is -0.396 e. The van der Waals surface area contributed by atoms with Crippen LogP contribution < -0.4 is 0 Å². The van der Waals surface area contributed by atoms with Gasteiger partial charge in [0.1, 0.15) is 0 Å². The van der Waals surface area contributed by atoms with Gasteiger partial charge in [-0.3, -0.25) is 0 Å². The molecule has 0 amide bonds. The molecule has 0 heterocycles. The van der Waals surface area contributed by atoms with E-state index in [1.807, 2.05) is 18.2 Å². The minimum atomic E-state index is 0.398. The van der Waals surface area contributed by atoms with Crippen molar-refractivity contribution in [3.05, 3.63) is 35.9 Å². The lowest BCUT2D eigenvalue weighted by Crippen LogP contribution is -2.47. The first-order chi connectivity index (χ1) is 9.19. The van der Waals surface area contributed by atoms with Crippen LogP contribution in [0.5, 0.6) is 0 Å². The molecule has 1 aromatic carbocycles. The van der Waals surface area contributed by atoms with E-state index in [0.717, 1.165) is 17.8 Å².